The van der Waals surface area contributed by atoms with E-state index in [-0.39, 0.29) is 18.2 Å². The summed E-state index contributed by atoms with van der Waals surface area (Å²) >= 11 is 0. The molecule has 0 radical (unpaired) electrons. The van der Waals surface area contributed by atoms with Crippen LogP contribution in [0.1, 0.15) is 37.7 Å². The lowest BCUT2D eigenvalue weighted by Crippen LogP contribution is -2.41. The van der Waals surface area contributed by atoms with Gasteiger partial charge in [-0.3, -0.25) is 4.79 Å². The van der Waals surface area contributed by atoms with Crippen molar-refractivity contribution in [2.24, 2.45) is 17.3 Å². The number of nitrogens with zero attached hydrogens (tertiary/aromatic N) is 1. The summed E-state index contributed by atoms with van der Waals surface area (Å²) in [6.45, 7) is 3.94. The van der Waals surface area contributed by atoms with Crippen LogP contribution < -0.4 is 5.32 Å². The molecule has 1 amide bonds. The molecule has 1 unspecified atom stereocenters. The maximum atomic E-state index is 13.0. The maximum absolute atomic E-state index is 13.0. The third-order valence-corrected chi connectivity index (χ3v) is 6.45. The van der Waals surface area contributed by atoms with Crippen LogP contribution >= 0.6 is 12.4 Å². The van der Waals surface area contributed by atoms with E-state index in [4.69, 9.17) is 0 Å². The lowest BCUT2D eigenvalue weighted by molar-refractivity contribution is -0.135. The first kappa shape index (κ1) is 18.7. The summed E-state index contributed by atoms with van der Waals surface area (Å²) in [5.74, 6) is 1.16. The molecule has 0 bridgehead atoms. The van der Waals surface area contributed by atoms with Crippen molar-refractivity contribution < 1.29 is 9.18 Å². The fraction of sp³-hybridized carbons (Fsp3) is 0.650. The van der Waals surface area contributed by atoms with Gasteiger partial charge in [-0.15, -0.1) is 12.4 Å². The first-order valence-corrected chi connectivity index (χ1v) is 9.40. The minimum absolute atomic E-state index is 0. The molecule has 5 heteroatoms. The molecule has 4 rings (SSSR count). The lowest BCUT2D eigenvalue weighted by Gasteiger charge is -2.33. The van der Waals surface area contributed by atoms with Gasteiger partial charge in [0.2, 0.25) is 5.91 Å². The summed E-state index contributed by atoms with van der Waals surface area (Å²) in [4.78, 5) is 14.9. The van der Waals surface area contributed by atoms with E-state index in [9.17, 15) is 9.18 Å². The van der Waals surface area contributed by atoms with E-state index in [1.54, 1.807) is 12.1 Å². The highest BCUT2D eigenvalue weighted by Crippen LogP contribution is 2.59. The number of benzene rings is 1. The van der Waals surface area contributed by atoms with Crippen LogP contribution in [0.2, 0.25) is 0 Å². The Morgan fingerprint density at radius 2 is 1.80 bits per heavy atom. The van der Waals surface area contributed by atoms with Crippen LogP contribution in [0.25, 0.3) is 0 Å². The average molecular weight is 367 g/mol. The van der Waals surface area contributed by atoms with Gasteiger partial charge >= 0.3 is 0 Å². The predicted octanol–water partition coefficient (Wildman–Crippen LogP) is 3.42. The predicted molar refractivity (Wildman–Crippen MR) is 99.3 cm³/mol. The van der Waals surface area contributed by atoms with E-state index in [1.165, 1.54) is 18.4 Å². The minimum Gasteiger partial charge on any atom is -0.342 e. The van der Waals surface area contributed by atoms with Crippen molar-refractivity contribution in [1.82, 2.24) is 10.2 Å². The zero-order valence-electron chi connectivity index (χ0n) is 14.7. The van der Waals surface area contributed by atoms with Gasteiger partial charge in [-0.1, -0.05) is 12.1 Å². The molecule has 2 aliphatic heterocycles. The molecule has 1 saturated carbocycles. The number of nitrogens with one attached hydrogen (secondary N) is 1. The van der Waals surface area contributed by atoms with Crippen LogP contribution in [0.15, 0.2) is 24.3 Å². The Morgan fingerprint density at radius 3 is 2.44 bits per heavy atom. The molecular weight excluding hydrogens is 339 g/mol. The van der Waals surface area contributed by atoms with E-state index in [0.29, 0.717) is 23.2 Å². The molecule has 1 aromatic rings. The standard InChI is InChI=1S/C20H27FN2O.ClH/c21-17-3-1-15(2-4-17)13-16-5-11-23(12-6-16)19(24)18-14-20(18)7-9-22-10-8-20;/h1-4,16,18,22H,5-14H2;1H. The number of hydrogen-bond acceptors (Lipinski definition) is 2. The fourth-order valence-electron chi connectivity index (χ4n) is 4.71. The Bertz CT molecular complexity index is 592. The zero-order valence-corrected chi connectivity index (χ0v) is 15.5. The van der Waals surface area contributed by atoms with Gasteiger partial charge in [0.15, 0.2) is 0 Å². The van der Waals surface area contributed by atoms with E-state index in [0.717, 1.165) is 51.9 Å². The number of carbonyl (C=O) groups is 1. The van der Waals surface area contributed by atoms with Gasteiger partial charge in [0.1, 0.15) is 5.82 Å². The number of hydrogen-bond donors (Lipinski definition) is 1. The molecule has 25 heavy (non-hydrogen) atoms. The number of rotatable bonds is 3. The quantitative estimate of drug-likeness (QED) is 0.889. The number of carbonyl (C=O) groups excluding carboxylic acids is 1. The van der Waals surface area contributed by atoms with Crippen molar-refractivity contribution in [3.05, 3.63) is 35.6 Å². The maximum Gasteiger partial charge on any atom is 0.226 e. The third kappa shape index (κ3) is 4.01. The van der Waals surface area contributed by atoms with Gasteiger partial charge in [0.25, 0.3) is 0 Å². The monoisotopic (exact) mass is 366 g/mol. The van der Waals surface area contributed by atoms with Crippen LogP contribution in [0, 0.1) is 23.1 Å². The highest BCUT2D eigenvalue weighted by molar-refractivity contribution is 5.85. The van der Waals surface area contributed by atoms with E-state index >= 15 is 0 Å². The molecule has 2 saturated heterocycles. The van der Waals surface area contributed by atoms with E-state index in [2.05, 4.69) is 10.2 Å². The Hall–Kier alpha value is -1.13. The van der Waals surface area contributed by atoms with Gasteiger partial charge in [-0.05, 0) is 80.6 Å². The Labute approximate surface area is 155 Å². The average Bonchev–Trinajstić information content (AvgIpc) is 3.30. The number of likely N-dealkylation sites (tertiary alicyclic amines) is 1. The normalized spacial score (nSPS) is 25.5. The molecule has 1 spiro atoms. The minimum atomic E-state index is -0.171. The van der Waals surface area contributed by atoms with Gasteiger partial charge < -0.3 is 10.2 Å². The van der Waals surface area contributed by atoms with Gasteiger partial charge in [-0.25, -0.2) is 4.39 Å². The summed E-state index contributed by atoms with van der Waals surface area (Å²) < 4.78 is 13.0. The highest BCUT2D eigenvalue weighted by Gasteiger charge is 2.58. The molecule has 2 heterocycles. The molecule has 3 nitrogen and oxygen atoms in total. The molecule has 1 aliphatic carbocycles. The number of piperidine rings is 2. The fourth-order valence-corrected chi connectivity index (χ4v) is 4.71. The Balaban J connectivity index is 0.00000182. The van der Waals surface area contributed by atoms with Crippen molar-refractivity contribution in [1.29, 1.82) is 0 Å². The van der Waals surface area contributed by atoms with Crippen molar-refractivity contribution >= 4 is 18.3 Å². The van der Waals surface area contributed by atoms with Crippen LogP contribution in [-0.4, -0.2) is 37.0 Å². The highest BCUT2D eigenvalue weighted by atomic mass is 35.5. The van der Waals surface area contributed by atoms with Gasteiger partial charge in [-0.2, -0.15) is 0 Å². The molecule has 3 aliphatic rings. The van der Waals surface area contributed by atoms with E-state index in [1.807, 2.05) is 12.1 Å². The summed E-state index contributed by atoms with van der Waals surface area (Å²) in [6, 6.07) is 6.86. The van der Waals surface area contributed by atoms with Crippen molar-refractivity contribution in [2.45, 2.75) is 38.5 Å². The Morgan fingerprint density at radius 1 is 1.16 bits per heavy atom. The van der Waals surface area contributed by atoms with Crippen molar-refractivity contribution in [2.75, 3.05) is 26.2 Å². The van der Waals surface area contributed by atoms with Gasteiger partial charge in [0.05, 0.1) is 0 Å². The molecule has 1 aromatic carbocycles. The van der Waals surface area contributed by atoms with E-state index < -0.39 is 0 Å². The second-order valence-corrected chi connectivity index (χ2v) is 7.97. The molecule has 0 aromatic heterocycles. The molecular formula is C20H28ClFN2O. The summed E-state index contributed by atoms with van der Waals surface area (Å²) in [6.07, 6.45) is 6.61. The summed E-state index contributed by atoms with van der Waals surface area (Å²) in [7, 11) is 0. The second-order valence-electron chi connectivity index (χ2n) is 7.97. The molecule has 1 N–H and O–H groups in total. The van der Waals surface area contributed by atoms with Crippen molar-refractivity contribution in [3.63, 3.8) is 0 Å². The SMILES string of the molecule is Cl.O=C(C1CC12CCNCC2)N1CCC(Cc2ccc(F)cc2)CC1. The topological polar surface area (TPSA) is 32.3 Å². The zero-order chi connectivity index (χ0) is 16.6. The largest absolute Gasteiger partial charge is 0.342 e. The smallest absolute Gasteiger partial charge is 0.226 e. The van der Waals surface area contributed by atoms with Gasteiger partial charge in [0, 0.05) is 19.0 Å². The molecule has 3 fully saturated rings. The number of amides is 1. The van der Waals surface area contributed by atoms with Crippen LogP contribution in [0.4, 0.5) is 4.39 Å². The first-order chi connectivity index (χ1) is 11.7. The molecule has 138 valence electrons. The number of halogens is 2. The first-order valence-electron chi connectivity index (χ1n) is 9.40. The lowest BCUT2D eigenvalue weighted by atomic mass is 9.89. The van der Waals surface area contributed by atoms with Crippen molar-refractivity contribution in [3.8, 4) is 0 Å². The second kappa shape index (κ2) is 7.63. The summed E-state index contributed by atoms with van der Waals surface area (Å²) in [5, 5.41) is 3.40. The Kier molecular flexibility index (Phi) is 5.69. The van der Waals surface area contributed by atoms with Crippen LogP contribution in [-0.2, 0) is 11.2 Å². The molecule has 1 atom stereocenters. The van der Waals surface area contributed by atoms with Crippen LogP contribution in [0.3, 0.4) is 0 Å². The van der Waals surface area contributed by atoms with Crippen LogP contribution in [0.5, 0.6) is 0 Å². The third-order valence-electron chi connectivity index (χ3n) is 6.45. The summed E-state index contributed by atoms with van der Waals surface area (Å²) in [5.41, 5.74) is 1.55.